The Balaban J connectivity index is 0.00000280. The molecule has 1 atom stereocenters. The Bertz CT molecular complexity index is 753. The van der Waals surface area contributed by atoms with E-state index >= 15 is 0 Å². The topological polar surface area (TPSA) is 58.3 Å². The Hall–Kier alpha value is -1.64. The monoisotopic (exact) mass is 496 g/mol. The van der Waals surface area contributed by atoms with E-state index in [0.717, 1.165) is 54.6 Å². The molecule has 0 bridgehead atoms. The van der Waals surface area contributed by atoms with E-state index in [1.165, 1.54) is 12.8 Å². The lowest BCUT2D eigenvalue weighted by Crippen LogP contribution is -2.40. The highest BCUT2D eigenvalue weighted by atomic mass is 127. The standard InChI is InChI=1S/C21H32N6.HI/c1-5-22-21(26-10-8-18(15-26)12-16(2)3)25-14-19-6-7-20(24-13-19)27-11-9-23-17(27)4;/h6-7,9,11,13,16,18H,5,8,10,12,14-15H2,1-4H3,(H,22,25);1H. The maximum atomic E-state index is 4.86. The molecule has 0 amide bonds. The number of likely N-dealkylation sites (tertiary alicyclic amines) is 1. The van der Waals surface area contributed by atoms with Gasteiger partial charge in [-0.2, -0.15) is 0 Å². The molecule has 2 aromatic rings. The highest BCUT2D eigenvalue weighted by Crippen LogP contribution is 2.23. The minimum absolute atomic E-state index is 0. The fourth-order valence-electron chi connectivity index (χ4n) is 3.75. The van der Waals surface area contributed by atoms with Gasteiger partial charge >= 0.3 is 0 Å². The molecule has 1 unspecified atom stereocenters. The summed E-state index contributed by atoms with van der Waals surface area (Å²) in [5.74, 6) is 4.40. The average Bonchev–Trinajstić information content (AvgIpc) is 3.27. The van der Waals surface area contributed by atoms with Gasteiger partial charge in [-0.05, 0) is 50.2 Å². The fourth-order valence-corrected chi connectivity index (χ4v) is 3.75. The van der Waals surface area contributed by atoms with Gasteiger partial charge in [0.05, 0.1) is 6.54 Å². The first-order valence-electron chi connectivity index (χ1n) is 10.0. The molecule has 3 rings (SSSR count). The van der Waals surface area contributed by atoms with Crippen molar-refractivity contribution in [3.8, 4) is 5.82 Å². The Kier molecular flexibility index (Phi) is 8.72. The second kappa shape index (κ2) is 10.8. The number of aliphatic imine (C=N–C) groups is 1. The highest BCUT2D eigenvalue weighted by Gasteiger charge is 2.25. The van der Waals surface area contributed by atoms with Gasteiger partial charge in [0.15, 0.2) is 5.96 Å². The lowest BCUT2D eigenvalue weighted by Gasteiger charge is -2.22. The predicted octanol–water partition coefficient (Wildman–Crippen LogP) is 4.03. The van der Waals surface area contributed by atoms with Crippen LogP contribution >= 0.6 is 24.0 Å². The molecule has 7 heteroatoms. The molecule has 6 nitrogen and oxygen atoms in total. The van der Waals surface area contributed by atoms with E-state index in [1.807, 2.05) is 30.0 Å². The summed E-state index contributed by atoms with van der Waals surface area (Å²) in [5, 5.41) is 3.45. The van der Waals surface area contributed by atoms with Gasteiger partial charge in [-0.1, -0.05) is 19.9 Å². The summed E-state index contributed by atoms with van der Waals surface area (Å²) in [6.07, 6.45) is 8.20. The summed E-state index contributed by atoms with van der Waals surface area (Å²) in [6.45, 7) is 12.5. The summed E-state index contributed by atoms with van der Waals surface area (Å²) in [7, 11) is 0. The molecule has 28 heavy (non-hydrogen) atoms. The Morgan fingerprint density at radius 1 is 1.32 bits per heavy atom. The minimum Gasteiger partial charge on any atom is -0.357 e. The lowest BCUT2D eigenvalue weighted by atomic mass is 9.97. The molecule has 3 heterocycles. The van der Waals surface area contributed by atoms with E-state index in [9.17, 15) is 0 Å². The van der Waals surface area contributed by atoms with Crippen LogP contribution in [0.3, 0.4) is 0 Å². The lowest BCUT2D eigenvalue weighted by molar-refractivity contribution is 0.403. The number of hydrogen-bond donors (Lipinski definition) is 1. The van der Waals surface area contributed by atoms with Crippen LogP contribution in [0.15, 0.2) is 35.7 Å². The Labute approximate surface area is 185 Å². The summed E-state index contributed by atoms with van der Waals surface area (Å²) in [4.78, 5) is 16.1. The maximum absolute atomic E-state index is 4.86. The molecule has 0 saturated carbocycles. The zero-order valence-electron chi connectivity index (χ0n) is 17.4. The zero-order valence-corrected chi connectivity index (χ0v) is 19.8. The summed E-state index contributed by atoms with van der Waals surface area (Å²) < 4.78 is 1.98. The second-order valence-corrected chi connectivity index (χ2v) is 7.77. The van der Waals surface area contributed by atoms with Crippen molar-refractivity contribution in [2.45, 2.75) is 47.1 Å². The normalized spacial score (nSPS) is 17.1. The van der Waals surface area contributed by atoms with Crippen LogP contribution in [0.25, 0.3) is 5.82 Å². The van der Waals surface area contributed by atoms with E-state index in [2.05, 4.69) is 47.0 Å². The number of nitrogens with one attached hydrogen (secondary N) is 1. The Morgan fingerprint density at radius 3 is 2.75 bits per heavy atom. The molecule has 0 radical (unpaired) electrons. The van der Waals surface area contributed by atoms with Gasteiger partial charge < -0.3 is 10.2 Å². The summed E-state index contributed by atoms with van der Waals surface area (Å²) >= 11 is 0. The Morgan fingerprint density at radius 2 is 2.14 bits per heavy atom. The van der Waals surface area contributed by atoms with E-state index in [1.54, 1.807) is 6.20 Å². The minimum atomic E-state index is 0. The van der Waals surface area contributed by atoms with E-state index in [0.29, 0.717) is 6.54 Å². The zero-order chi connectivity index (χ0) is 19.2. The molecule has 0 spiro atoms. The number of imidazole rings is 1. The molecule has 1 saturated heterocycles. The van der Waals surface area contributed by atoms with Crippen LogP contribution < -0.4 is 5.32 Å². The van der Waals surface area contributed by atoms with E-state index < -0.39 is 0 Å². The molecule has 1 aliphatic heterocycles. The first kappa shape index (κ1) is 22.6. The molecule has 1 aliphatic rings. The van der Waals surface area contributed by atoms with Crippen LogP contribution in [0.5, 0.6) is 0 Å². The van der Waals surface area contributed by atoms with Gasteiger partial charge in [0.1, 0.15) is 11.6 Å². The van der Waals surface area contributed by atoms with Crippen molar-refractivity contribution < 1.29 is 0 Å². The number of aryl methyl sites for hydroxylation is 1. The average molecular weight is 496 g/mol. The van der Waals surface area contributed by atoms with Crippen LogP contribution in [0.2, 0.25) is 0 Å². The van der Waals surface area contributed by atoms with E-state index in [-0.39, 0.29) is 24.0 Å². The van der Waals surface area contributed by atoms with Crippen LogP contribution in [-0.4, -0.2) is 45.0 Å². The number of nitrogens with zero attached hydrogens (tertiary/aromatic N) is 5. The summed E-state index contributed by atoms with van der Waals surface area (Å²) in [5.41, 5.74) is 1.12. The molecule has 0 aromatic carbocycles. The first-order chi connectivity index (χ1) is 13.1. The number of halogens is 1. The van der Waals surface area contributed by atoms with Crippen LogP contribution in [-0.2, 0) is 6.54 Å². The molecular formula is C21H33IN6. The molecule has 2 aromatic heterocycles. The molecule has 1 fully saturated rings. The predicted molar refractivity (Wildman–Crippen MR) is 125 cm³/mol. The van der Waals surface area contributed by atoms with Gasteiger partial charge in [-0.25, -0.2) is 15.0 Å². The highest BCUT2D eigenvalue weighted by molar-refractivity contribution is 14.0. The van der Waals surface area contributed by atoms with Crippen LogP contribution in [0.4, 0.5) is 0 Å². The van der Waals surface area contributed by atoms with Crippen molar-refractivity contribution in [2.24, 2.45) is 16.8 Å². The molecule has 0 aliphatic carbocycles. The SMILES string of the molecule is CCNC(=NCc1ccc(-n2ccnc2C)nc1)N1CCC(CC(C)C)C1.I. The number of hydrogen-bond acceptors (Lipinski definition) is 3. The number of rotatable bonds is 6. The van der Waals surface area contributed by atoms with Gasteiger partial charge in [0.25, 0.3) is 0 Å². The van der Waals surface area contributed by atoms with Gasteiger partial charge in [-0.3, -0.25) is 4.57 Å². The van der Waals surface area contributed by atoms with Crippen LogP contribution in [0, 0.1) is 18.8 Å². The third-order valence-electron chi connectivity index (χ3n) is 5.02. The van der Waals surface area contributed by atoms with E-state index in [4.69, 9.17) is 4.99 Å². The summed E-state index contributed by atoms with van der Waals surface area (Å²) in [6, 6.07) is 4.13. The third-order valence-corrected chi connectivity index (χ3v) is 5.02. The fraction of sp³-hybridized carbons (Fsp3) is 0.571. The van der Waals surface area contributed by atoms with Crippen LogP contribution in [0.1, 0.15) is 45.0 Å². The van der Waals surface area contributed by atoms with Gasteiger partial charge in [-0.15, -0.1) is 24.0 Å². The van der Waals surface area contributed by atoms with Crippen molar-refractivity contribution in [1.82, 2.24) is 24.8 Å². The third kappa shape index (κ3) is 5.93. The van der Waals surface area contributed by atoms with Gasteiger partial charge in [0, 0.05) is 38.2 Å². The number of guanidine groups is 1. The number of pyridine rings is 1. The van der Waals surface area contributed by atoms with Crippen molar-refractivity contribution >= 4 is 29.9 Å². The molecule has 1 N–H and O–H groups in total. The van der Waals surface area contributed by atoms with Crippen molar-refractivity contribution in [2.75, 3.05) is 19.6 Å². The molecule has 154 valence electrons. The first-order valence-corrected chi connectivity index (χ1v) is 10.0. The smallest absolute Gasteiger partial charge is 0.194 e. The van der Waals surface area contributed by atoms with Gasteiger partial charge in [0.2, 0.25) is 0 Å². The second-order valence-electron chi connectivity index (χ2n) is 7.77. The maximum Gasteiger partial charge on any atom is 0.194 e. The quantitative estimate of drug-likeness (QED) is 0.373. The van der Waals surface area contributed by atoms with Crippen molar-refractivity contribution in [3.63, 3.8) is 0 Å². The molecular weight excluding hydrogens is 463 g/mol. The van der Waals surface area contributed by atoms with Crippen molar-refractivity contribution in [1.29, 1.82) is 0 Å². The van der Waals surface area contributed by atoms with Crippen molar-refractivity contribution in [3.05, 3.63) is 42.1 Å². The largest absolute Gasteiger partial charge is 0.357 e. The number of aromatic nitrogens is 3.